The number of hydrogen-bond acceptors (Lipinski definition) is 7. The van der Waals surface area contributed by atoms with E-state index < -0.39 is 0 Å². The van der Waals surface area contributed by atoms with Gasteiger partial charge in [0.1, 0.15) is 11.8 Å². The smallest absolute Gasteiger partial charge is 0.164 e. The van der Waals surface area contributed by atoms with Crippen LogP contribution in [-0.2, 0) is 6.42 Å². The van der Waals surface area contributed by atoms with E-state index in [0.29, 0.717) is 34.3 Å². The Kier molecular flexibility index (Phi) is 7.49. The average molecular weight is 432 g/mol. The first kappa shape index (κ1) is 22.9. The lowest BCUT2D eigenvalue weighted by atomic mass is 10.1. The van der Waals surface area contributed by atoms with E-state index in [2.05, 4.69) is 59.1 Å². The summed E-state index contributed by atoms with van der Waals surface area (Å²) in [4.78, 5) is 8.77. The molecule has 166 valence electrons. The highest BCUT2D eigenvalue weighted by molar-refractivity contribution is 5.77. The normalized spacial score (nSPS) is 10.8. The summed E-state index contributed by atoms with van der Waals surface area (Å²) in [5.41, 5.74) is 9.42. The highest BCUT2D eigenvalue weighted by atomic mass is 15.4. The van der Waals surface area contributed by atoms with Crippen molar-refractivity contribution in [1.29, 1.82) is 5.26 Å². The molecule has 9 nitrogen and oxygen atoms in total. The summed E-state index contributed by atoms with van der Waals surface area (Å²) in [6, 6.07) is 5.52. The number of hydrogen-bond donors (Lipinski definition) is 1. The van der Waals surface area contributed by atoms with Crippen LogP contribution in [0, 0.1) is 17.2 Å². The number of nitrogen functional groups attached to an aromatic ring is 1. The van der Waals surface area contributed by atoms with Crippen LogP contribution in [0.2, 0.25) is 0 Å². The van der Waals surface area contributed by atoms with Gasteiger partial charge in [0.05, 0.1) is 35.5 Å². The van der Waals surface area contributed by atoms with Gasteiger partial charge < -0.3 is 5.73 Å². The molecule has 0 radical (unpaired) electrons. The van der Waals surface area contributed by atoms with Crippen molar-refractivity contribution in [1.82, 2.24) is 34.7 Å². The molecule has 4 rings (SSSR count). The fraction of sp³-hybridized carbons (Fsp3) is 0.391. The van der Waals surface area contributed by atoms with Gasteiger partial charge in [-0.25, -0.2) is 14.6 Å². The fourth-order valence-corrected chi connectivity index (χ4v) is 2.88. The van der Waals surface area contributed by atoms with Gasteiger partial charge in [0.2, 0.25) is 0 Å². The van der Waals surface area contributed by atoms with Crippen LogP contribution >= 0.6 is 0 Å². The first-order chi connectivity index (χ1) is 15.5. The van der Waals surface area contributed by atoms with Crippen molar-refractivity contribution in [2.75, 3.05) is 5.73 Å². The highest BCUT2D eigenvalue weighted by Gasteiger charge is 2.12. The minimum Gasteiger partial charge on any atom is -0.397 e. The second-order valence-corrected chi connectivity index (χ2v) is 7.99. The Hall–Kier alpha value is -3.80. The molecule has 9 heteroatoms. The molecule has 0 aliphatic heterocycles. The summed E-state index contributed by atoms with van der Waals surface area (Å²) in [6.45, 7) is 8.72. The maximum atomic E-state index is 9.00. The zero-order valence-corrected chi connectivity index (χ0v) is 19.0. The molecule has 0 bridgehead atoms. The molecule has 0 unspecified atom stereocenters. The molecule has 0 spiro atoms. The number of rotatable bonds is 6. The second kappa shape index (κ2) is 10.5. The van der Waals surface area contributed by atoms with Crippen LogP contribution in [0.1, 0.15) is 58.2 Å². The lowest BCUT2D eigenvalue weighted by Crippen LogP contribution is -2.06. The largest absolute Gasteiger partial charge is 0.397 e. The molecule has 0 saturated heterocycles. The molecular formula is C23H29N9. The molecule has 0 aliphatic rings. The number of anilines is 1. The van der Waals surface area contributed by atoms with E-state index in [4.69, 9.17) is 11.0 Å². The number of unbranched alkanes of at least 4 members (excludes halogenated alkanes) is 1. The van der Waals surface area contributed by atoms with Crippen molar-refractivity contribution >= 4 is 16.7 Å². The Bertz CT molecular complexity index is 1210. The molecule has 0 aromatic carbocycles. The minimum atomic E-state index is 0.481. The van der Waals surface area contributed by atoms with Gasteiger partial charge >= 0.3 is 0 Å². The van der Waals surface area contributed by atoms with E-state index in [9.17, 15) is 0 Å². The van der Waals surface area contributed by atoms with Crippen molar-refractivity contribution in [2.45, 2.75) is 53.4 Å². The van der Waals surface area contributed by atoms with E-state index in [1.807, 2.05) is 6.20 Å². The Morgan fingerprint density at radius 1 is 1.09 bits per heavy atom. The monoisotopic (exact) mass is 431 g/mol. The Morgan fingerprint density at radius 3 is 2.53 bits per heavy atom. The van der Waals surface area contributed by atoms with Crippen LogP contribution in [0.3, 0.4) is 0 Å². The Balaban J connectivity index is 0.000000668. The van der Waals surface area contributed by atoms with Crippen molar-refractivity contribution in [3.05, 3.63) is 48.2 Å². The maximum Gasteiger partial charge on any atom is 0.164 e. The van der Waals surface area contributed by atoms with Gasteiger partial charge in [-0.3, -0.25) is 0 Å². The third kappa shape index (κ3) is 5.27. The molecular weight excluding hydrogens is 402 g/mol. The van der Waals surface area contributed by atoms with Crippen LogP contribution in [0.15, 0.2) is 36.9 Å². The van der Waals surface area contributed by atoms with E-state index in [1.165, 1.54) is 19.0 Å². The lowest BCUT2D eigenvalue weighted by Gasteiger charge is -2.07. The molecule has 0 atom stereocenters. The van der Waals surface area contributed by atoms with E-state index in [0.717, 1.165) is 23.9 Å². The standard InChI is InChI=1S/C19H19N9.C4H10/c1-12(2)3-4-15-11-27(26-25-15)17-10-22-18(6-16(17)21)28-19-14(9-24-28)5-13(7-20)8-23-19;1-3-4-2/h5-6,8-12H,3-4H2,1-2H3,(H2,21,22);3-4H2,1-2H3. The minimum absolute atomic E-state index is 0.481. The Morgan fingerprint density at radius 2 is 1.88 bits per heavy atom. The third-order valence-corrected chi connectivity index (χ3v) is 4.92. The third-order valence-electron chi connectivity index (χ3n) is 4.92. The molecule has 4 heterocycles. The van der Waals surface area contributed by atoms with Crippen LogP contribution in [0.4, 0.5) is 5.69 Å². The average Bonchev–Trinajstić information content (AvgIpc) is 3.44. The van der Waals surface area contributed by atoms with Crippen molar-refractivity contribution < 1.29 is 0 Å². The van der Waals surface area contributed by atoms with Crippen molar-refractivity contribution in [3.8, 4) is 17.6 Å². The van der Waals surface area contributed by atoms with Crippen molar-refractivity contribution in [3.63, 3.8) is 0 Å². The maximum absolute atomic E-state index is 9.00. The summed E-state index contributed by atoms with van der Waals surface area (Å²) in [5.74, 6) is 1.14. The number of fused-ring (bicyclic) bond motifs is 1. The number of aromatic nitrogens is 7. The zero-order valence-electron chi connectivity index (χ0n) is 19.0. The summed E-state index contributed by atoms with van der Waals surface area (Å²) >= 11 is 0. The second-order valence-electron chi connectivity index (χ2n) is 7.99. The quantitative estimate of drug-likeness (QED) is 0.484. The molecule has 0 aliphatic carbocycles. The van der Waals surface area contributed by atoms with Crippen LogP contribution < -0.4 is 5.73 Å². The molecule has 0 fully saturated rings. The van der Waals surface area contributed by atoms with Gasteiger partial charge in [-0.05, 0) is 24.8 Å². The first-order valence-corrected chi connectivity index (χ1v) is 10.9. The number of nitrogens with zero attached hydrogens (tertiary/aromatic N) is 8. The van der Waals surface area contributed by atoms with Crippen LogP contribution in [0.25, 0.3) is 22.5 Å². The predicted octanol–water partition coefficient (Wildman–Crippen LogP) is 4.25. The SMILES string of the molecule is CC(C)CCc1cn(-c2cnc(-n3ncc4cc(C#N)cnc43)cc2N)nn1.CCCC. The van der Waals surface area contributed by atoms with Crippen molar-refractivity contribution in [2.24, 2.45) is 5.92 Å². The van der Waals surface area contributed by atoms with Crippen LogP contribution in [-0.4, -0.2) is 34.7 Å². The van der Waals surface area contributed by atoms with E-state index in [1.54, 1.807) is 33.9 Å². The fourth-order valence-electron chi connectivity index (χ4n) is 2.88. The number of aryl methyl sites for hydroxylation is 1. The first-order valence-electron chi connectivity index (χ1n) is 10.9. The molecule has 4 aromatic heterocycles. The highest BCUT2D eigenvalue weighted by Crippen LogP contribution is 2.21. The summed E-state index contributed by atoms with van der Waals surface area (Å²) in [7, 11) is 0. The summed E-state index contributed by atoms with van der Waals surface area (Å²) in [5, 5.41) is 22.5. The number of pyridine rings is 2. The predicted molar refractivity (Wildman–Crippen MR) is 124 cm³/mol. The van der Waals surface area contributed by atoms with Gasteiger partial charge in [-0.15, -0.1) is 5.10 Å². The molecule has 2 N–H and O–H groups in total. The number of nitriles is 1. The molecule has 0 saturated carbocycles. The topological polar surface area (TPSA) is 124 Å². The van der Waals surface area contributed by atoms with Gasteiger partial charge in [0, 0.05) is 17.6 Å². The number of nitrogens with two attached hydrogens (primary N) is 1. The summed E-state index contributed by atoms with van der Waals surface area (Å²) in [6.07, 6.45) is 11.2. The van der Waals surface area contributed by atoms with Gasteiger partial charge in [-0.2, -0.15) is 15.0 Å². The molecule has 0 amide bonds. The van der Waals surface area contributed by atoms with E-state index in [-0.39, 0.29) is 0 Å². The lowest BCUT2D eigenvalue weighted by molar-refractivity contribution is 0.581. The zero-order chi connectivity index (χ0) is 23.1. The van der Waals surface area contributed by atoms with Gasteiger partial charge in [-0.1, -0.05) is 45.7 Å². The van der Waals surface area contributed by atoms with E-state index >= 15 is 0 Å². The molecule has 32 heavy (non-hydrogen) atoms. The summed E-state index contributed by atoms with van der Waals surface area (Å²) < 4.78 is 3.23. The molecule has 4 aromatic rings. The Labute approximate surface area is 187 Å². The van der Waals surface area contributed by atoms with Gasteiger partial charge in [0.25, 0.3) is 0 Å². The van der Waals surface area contributed by atoms with Gasteiger partial charge in [0.15, 0.2) is 11.5 Å². The van der Waals surface area contributed by atoms with Crippen LogP contribution in [0.5, 0.6) is 0 Å².